The molecular formula is C14H16ClFN2O3. The molecule has 114 valence electrons. The molecule has 0 atom stereocenters. The van der Waals surface area contributed by atoms with Crippen LogP contribution in [0.2, 0.25) is 5.02 Å². The minimum absolute atomic E-state index is 0.00317. The third-order valence-electron chi connectivity index (χ3n) is 3.61. The van der Waals surface area contributed by atoms with Gasteiger partial charge >= 0.3 is 12.0 Å². The molecule has 2 N–H and O–H groups in total. The highest BCUT2D eigenvalue weighted by Gasteiger charge is 2.26. The molecule has 1 aliphatic heterocycles. The van der Waals surface area contributed by atoms with Gasteiger partial charge in [0.2, 0.25) is 0 Å². The smallest absolute Gasteiger partial charge is 0.317 e. The van der Waals surface area contributed by atoms with Crippen molar-refractivity contribution in [2.24, 2.45) is 5.92 Å². The Morgan fingerprint density at radius 2 is 2.05 bits per heavy atom. The summed E-state index contributed by atoms with van der Waals surface area (Å²) in [6.07, 6.45) is 0.867. The minimum atomic E-state index is -0.826. The second-order valence-corrected chi connectivity index (χ2v) is 5.37. The monoisotopic (exact) mass is 314 g/mol. The minimum Gasteiger partial charge on any atom is -0.481 e. The van der Waals surface area contributed by atoms with E-state index in [1.54, 1.807) is 6.07 Å². The van der Waals surface area contributed by atoms with Crippen LogP contribution in [0.1, 0.15) is 18.4 Å². The Morgan fingerprint density at radius 1 is 1.38 bits per heavy atom. The van der Waals surface area contributed by atoms with Crippen molar-refractivity contribution in [3.8, 4) is 0 Å². The molecule has 0 radical (unpaired) electrons. The van der Waals surface area contributed by atoms with Crippen molar-refractivity contribution in [1.29, 1.82) is 0 Å². The molecular weight excluding hydrogens is 299 g/mol. The molecule has 0 unspecified atom stereocenters. The predicted molar refractivity (Wildman–Crippen MR) is 75.6 cm³/mol. The van der Waals surface area contributed by atoms with E-state index in [1.165, 1.54) is 17.0 Å². The van der Waals surface area contributed by atoms with E-state index in [9.17, 15) is 14.0 Å². The molecule has 7 heteroatoms. The Kier molecular flexibility index (Phi) is 5.01. The van der Waals surface area contributed by atoms with E-state index >= 15 is 0 Å². The zero-order chi connectivity index (χ0) is 15.4. The molecule has 1 aromatic carbocycles. The molecule has 1 fully saturated rings. The van der Waals surface area contributed by atoms with Gasteiger partial charge in [-0.25, -0.2) is 9.18 Å². The number of amides is 2. The number of urea groups is 1. The first-order valence-electron chi connectivity index (χ1n) is 6.67. The number of nitrogens with zero attached hydrogens (tertiary/aromatic N) is 1. The van der Waals surface area contributed by atoms with E-state index < -0.39 is 17.7 Å². The fraction of sp³-hybridized carbons (Fsp3) is 0.429. The van der Waals surface area contributed by atoms with Crippen molar-refractivity contribution in [3.05, 3.63) is 34.6 Å². The standard InChI is InChI=1S/C14H16ClFN2O3/c15-11-2-1-3-12(16)10(11)8-17-14(21)18-6-4-9(5-7-18)13(19)20/h1-3,9H,4-8H2,(H,17,21)(H,19,20). The summed E-state index contributed by atoms with van der Waals surface area (Å²) in [6.45, 7) is 0.769. The maximum absolute atomic E-state index is 13.6. The number of aliphatic carboxylic acids is 1. The van der Waals surface area contributed by atoms with Crippen molar-refractivity contribution >= 4 is 23.6 Å². The normalized spacial score (nSPS) is 15.8. The lowest BCUT2D eigenvalue weighted by Gasteiger charge is -2.30. The molecule has 21 heavy (non-hydrogen) atoms. The molecule has 1 saturated heterocycles. The van der Waals surface area contributed by atoms with E-state index in [0.29, 0.717) is 25.9 Å². The Balaban J connectivity index is 1.87. The van der Waals surface area contributed by atoms with Gasteiger partial charge in [-0.2, -0.15) is 0 Å². The lowest BCUT2D eigenvalue weighted by molar-refractivity contribution is -0.143. The lowest BCUT2D eigenvalue weighted by Crippen LogP contribution is -2.45. The Labute approximate surface area is 126 Å². The van der Waals surface area contributed by atoms with Crippen LogP contribution in [0.4, 0.5) is 9.18 Å². The van der Waals surface area contributed by atoms with E-state index in [0.717, 1.165) is 0 Å². The number of rotatable bonds is 3. The molecule has 2 rings (SSSR count). The summed E-state index contributed by atoms with van der Waals surface area (Å²) >= 11 is 5.88. The van der Waals surface area contributed by atoms with Gasteiger partial charge < -0.3 is 15.3 Å². The summed E-state index contributed by atoms with van der Waals surface area (Å²) in [5, 5.41) is 11.8. The molecule has 2 amide bonds. The fourth-order valence-electron chi connectivity index (χ4n) is 2.31. The summed E-state index contributed by atoms with van der Waals surface area (Å²) in [7, 11) is 0. The van der Waals surface area contributed by atoms with Gasteiger partial charge in [-0.3, -0.25) is 4.79 Å². The third kappa shape index (κ3) is 3.85. The number of nitrogens with one attached hydrogen (secondary N) is 1. The van der Waals surface area contributed by atoms with Crippen LogP contribution in [-0.2, 0) is 11.3 Å². The number of hydrogen-bond acceptors (Lipinski definition) is 2. The zero-order valence-corrected chi connectivity index (χ0v) is 12.1. The number of carbonyl (C=O) groups excluding carboxylic acids is 1. The lowest BCUT2D eigenvalue weighted by atomic mass is 9.97. The first-order chi connectivity index (χ1) is 9.99. The van der Waals surface area contributed by atoms with E-state index in [1.807, 2.05) is 0 Å². The summed E-state index contributed by atoms with van der Waals surface area (Å²) in [5.41, 5.74) is 0.243. The maximum Gasteiger partial charge on any atom is 0.317 e. The Morgan fingerprint density at radius 3 is 2.62 bits per heavy atom. The van der Waals surface area contributed by atoms with Crippen LogP contribution >= 0.6 is 11.6 Å². The van der Waals surface area contributed by atoms with Gasteiger partial charge in [0.25, 0.3) is 0 Å². The Bertz CT molecular complexity index is 525. The second kappa shape index (κ2) is 6.76. The van der Waals surface area contributed by atoms with Gasteiger partial charge in [0.1, 0.15) is 5.82 Å². The molecule has 1 aromatic rings. The third-order valence-corrected chi connectivity index (χ3v) is 3.96. The van der Waals surface area contributed by atoms with Crippen molar-refractivity contribution in [1.82, 2.24) is 10.2 Å². The van der Waals surface area contributed by atoms with Gasteiger partial charge in [0.15, 0.2) is 0 Å². The van der Waals surface area contributed by atoms with Crippen molar-refractivity contribution in [2.45, 2.75) is 19.4 Å². The average Bonchev–Trinajstić information content (AvgIpc) is 2.46. The first-order valence-corrected chi connectivity index (χ1v) is 7.05. The van der Waals surface area contributed by atoms with Crippen LogP contribution in [-0.4, -0.2) is 35.1 Å². The first kappa shape index (κ1) is 15.6. The van der Waals surface area contributed by atoms with E-state index in [2.05, 4.69) is 5.32 Å². The number of carboxylic acid groups (broad SMARTS) is 1. The van der Waals surface area contributed by atoms with Crippen LogP contribution in [0.5, 0.6) is 0 Å². The summed E-state index contributed by atoms with van der Waals surface area (Å²) in [4.78, 5) is 24.3. The highest BCUT2D eigenvalue weighted by molar-refractivity contribution is 6.31. The van der Waals surface area contributed by atoms with Crippen LogP contribution in [0.25, 0.3) is 0 Å². The molecule has 0 bridgehead atoms. The highest BCUT2D eigenvalue weighted by atomic mass is 35.5. The summed E-state index contributed by atoms with van der Waals surface area (Å²) in [6, 6.07) is 4.01. The van der Waals surface area contributed by atoms with Crippen LogP contribution in [0, 0.1) is 11.7 Å². The van der Waals surface area contributed by atoms with Crippen LogP contribution in [0.15, 0.2) is 18.2 Å². The molecule has 0 aromatic heterocycles. The SMILES string of the molecule is O=C(O)C1CCN(C(=O)NCc2c(F)cccc2Cl)CC1. The number of halogens is 2. The summed E-state index contributed by atoms with van der Waals surface area (Å²) in [5.74, 6) is -1.68. The quantitative estimate of drug-likeness (QED) is 0.900. The number of carboxylic acids is 1. The fourth-order valence-corrected chi connectivity index (χ4v) is 2.54. The number of piperidine rings is 1. The van der Waals surface area contributed by atoms with Gasteiger partial charge in [-0.15, -0.1) is 0 Å². The molecule has 1 heterocycles. The van der Waals surface area contributed by atoms with Crippen molar-refractivity contribution < 1.29 is 19.1 Å². The van der Waals surface area contributed by atoms with E-state index in [4.69, 9.17) is 16.7 Å². The van der Waals surface area contributed by atoms with Gasteiger partial charge in [-0.05, 0) is 25.0 Å². The number of likely N-dealkylation sites (tertiary alicyclic amines) is 1. The topological polar surface area (TPSA) is 69.6 Å². The largest absolute Gasteiger partial charge is 0.481 e. The molecule has 1 aliphatic rings. The molecule has 0 saturated carbocycles. The van der Waals surface area contributed by atoms with E-state index in [-0.39, 0.29) is 23.2 Å². The Hall–Kier alpha value is -1.82. The molecule has 0 aliphatic carbocycles. The maximum atomic E-state index is 13.6. The van der Waals surface area contributed by atoms with Gasteiger partial charge in [-0.1, -0.05) is 17.7 Å². The summed E-state index contributed by atoms with van der Waals surface area (Å²) < 4.78 is 13.6. The zero-order valence-electron chi connectivity index (χ0n) is 11.3. The predicted octanol–water partition coefficient (Wildman–Crippen LogP) is 2.49. The van der Waals surface area contributed by atoms with Crippen LogP contribution < -0.4 is 5.32 Å². The van der Waals surface area contributed by atoms with Gasteiger partial charge in [0.05, 0.1) is 5.92 Å². The average molecular weight is 315 g/mol. The van der Waals surface area contributed by atoms with Crippen molar-refractivity contribution in [3.63, 3.8) is 0 Å². The highest BCUT2D eigenvalue weighted by Crippen LogP contribution is 2.20. The second-order valence-electron chi connectivity index (χ2n) is 4.96. The number of carbonyl (C=O) groups is 2. The van der Waals surface area contributed by atoms with Crippen LogP contribution in [0.3, 0.4) is 0 Å². The van der Waals surface area contributed by atoms with Gasteiger partial charge in [0, 0.05) is 30.2 Å². The molecule has 5 nitrogen and oxygen atoms in total. The number of hydrogen-bond donors (Lipinski definition) is 2. The number of benzene rings is 1. The van der Waals surface area contributed by atoms with Crippen molar-refractivity contribution in [2.75, 3.05) is 13.1 Å². The molecule has 0 spiro atoms.